The van der Waals surface area contributed by atoms with Crippen molar-refractivity contribution in [2.75, 3.05) is 12.0 Å². The van der Waals surface area contributed by atoms with Gasteiger partial charge in [0.1, 0.15) is 17.7 Å². The third-order valence-corrected chi connectivity index (χ3v) is 7.38. The first kappa shape index (κ1) is 20.3. The second kappa shape index (κ2) is 8.83. The summed E-state index contributed by atoms with van der Waals surface area (Å²) in [5, 5.41) is 0.705. The Morgan fingerprint density at radius 1 is 1.24 bits per heavy atom. The summed E-state index contributed by atoms with van der Waals surface area (Å²) in [6, 6.07) is 6.91. The molecule has 2 aromatic rings. The average molecular weight is 433 g/mol. The van der Waals surface area contributed by atoms with Gasteiger partial charge in [-0.1, -0.05) is 25.0 Å². The SMILES string of the molecule is CSCC[C@@H](C(=O)OCc1nc2ccccc2s1)N1C(=O)[C@H]2CCCC[C@H]2C1=O. The minimum Gasteiger partial charge on any atom is -0.457 e. The number of hydrogen-bond acceptors (Lipinski definition) is 7. The van der Waals surface area contributed by atoms with Gasteiger partial charge in [-0.3, -0.25) is 14.5 Å². The Labute approximate surface area is 178 Å². The van der Waals surface area contributed by atoms with E-state index in [1.807, 2.05) is 30.5 Å². The van der Waals surface area contributed by atoms with Crippen LogP contribution < -0.4 is 0 Å². The van der Waals surface area contributed by atoms with Crippen molar-refractivity contribution in [2.45, 2.75) is 44.8 Å². The number of esters is 1. The Kier molecular flexibility index (Phi) is 6.20. The van der Waals surface area contributed by atoms with Crippen LogP contribution in [0.25, 0.3) is 10.2 Å². The third-order valence-electron chi connectivity index (χ3n) is 5.73. The summed E-state index contributed by atoms with van der Waals surface area (Å²) < 4.78 is 6.57. The Balaban J connectivity index is 1.49. The van der Waals surface area contributed by atoms with Crippen LogP contribution in [0.15, 0.2) is 24.3 Å². The molecule has 2 heterocycles. The molecule has 2 amide bonds. The summed E-state index contributed by atoms with van der Waals surface area (Å²) in [7, 11) is 0. The van der Waals surface area contributed by atoms with E-state index >= 15 is 0 Å². The summed E-state index contributed by atoms with van der Waals surface area (Å²) in [6.45, 7) is 0.0526. The lowest BCUT2D eigenvalue weighted by Crippen LogP contribution is -2.46. The highest BCUT2D eigenvalue weighted by Crippen LogP contribution is 2.39. The monoisotopic (exact) mass is 432 g/mol. The lowest BCUT2D eigenvalue weighted by molar-refractivity contribution is -0.160. The molecule has 1 aliphatic carbocycles. The molecule has 1 aliphatic heterocycles. The number of thiazole rings is 1. The molecule has 0 N–H and O–H groups in total. The van der Waals surface area contributed by atoms with Crippen LogP contribution in [-0.2, 0) is 25.7 Å². The molecule has 6 nitrogen and oxygen atoms in total. The first-order valence-corrected chi connectivity index (χ1v) is 12.2. The maximum absolute atomic E-state index is 12.9. The van der Waals surface area contributed by atoms with Gasteiger partial charge in [-0.2, -0.15) is 11.8 Å². The van der Waals surface area contributed by atoms with Gasteiger partial charge < -0.3 is 4.74 Å². The molecule has 8 heteroatoms. The van der Waals surface area contributed by atoms with Gasteiger partial charge in [0, 0.05) is 0 Å². The third kappa shape index (κ3) is 4.05. The summed E-state index contributed by atoms with van der Waals surface area (Å²) in [4.78, 5) is 44.5. The van der Waals surface area contributed by atoms with E-state index in [0.717, 1.165) is 35.9 Å². The van der Waals surface area contributed by atoms with E-state index in [2.05, 4.69) is 4.98 Å². The fourth-order valence-electron chi connectivity index (χ4n) is 4.29. The molecule has 0 bridgehead atoms. The van der Waals surface area contributed by atoms with E-state index in [9.17, 15) is 14.4 Å². The molecule has 1 saturated heterocycles. The molecule has 154 valence electrons. The van der Waals surface area contributed by atoms with Crippen LogP contribution >= 0.6 is 23.1 Å². The molecule has 4 rings (SSSR count). The van der Waals surface area contributed by atoms with E-state index < -0.39 is 12.0 Å². The van der Waals surface area contributed by atoms with Crippen LogP contribution in [0.5, 0.6) is 0 Å². The highest BCUT2D eigenvalue weighted by Gasteiger charge is 2.52. The van der Waals surface area contributed by atoms with Gasteiger partial charge in [0.05, 0.1) is 22.1 Å². The predicted octanol–water partition coefficient (Wildman–Crippen LogP) is 3.64. The lowest BCUT2D eigenvalue weighted by Gasteiger charge is -2.24. The molecule has 0 radical (unpaired) electrons. The normalized spacial score (nSPS) is 22.7. The molecule has 2 fully saturated rings. The number of rotatable bonds is 7. The Hall–Kier alpha value is -1.93. The van der Waals surface area contributed by atoms with Gasteiger partial charge >= 0.3 is 5.97 Å². The number of para-hydroxylation sites is 1. The van der Waals surface area contributed by atoms with Gasteiger partial charge in [0.15, 0.2) is 0 Å². The molecule has 2 aliphatic rings. The number of thioether (sulfide) groups is 1. The molecular formula is C21H24N2O4S2. The highest BCUT2D eigenvalue weighted by molar-refractivity contribution is 7.98. The van der Waals surface area contributed by atoms with Crippen LogP contribution in [0.4, 0.5) is 0 Å². The summed E-state index contributed by atoms with van der Waals surface area (Å²) in [5.41, 5.74) is 0.872. The van der Waals surface area contributed by atoms with Crippen molar-refractivity contribution in [2.24, 2.45) is 11.8 Å². The standard InChI is InChI=1S/C21H24N2O4S2/c1-28-11-10-16(23-19(24)13-6-2-3-7-14(13)20(23)25)21(26)27-12-18-22-15-8-4-5-9-17(15)29-18/h4-5,8-9,13-14,16H,2-3,6-7,10-12H2,1H3/t13-,14+,16-/m0/s1. The number of nitrogens with zero attached hydrogens (tertiary/aromatic N) is 2. The Morgan fingerprint density at radius 2 is 1.93 bits per heavy atom. The number of amides is 2. The smallest absolute Gasteiger partial charge is 0.329 e. The molecular weight excluding hydrogens is 408 g/mol. The minimum atomic E-state index is -0.845. The maximum atomic E-state index is 12.9. The summed E-state index contributed by atoms with van der Waals surface area (Å²) in [5.74, 6) is -0.743. The number of fused-ring (bicyclic) bond motifs is 2. The van der Waals surface area contributed by atoms with Crippen LogP contribution in [0.3, 0.4) is 0 Å². The van der Waals surface area contributed by atoms with Crippen molar-refractivity contribution in [3.63, 3.8) is 0 Å². The van der Waals surface area contributed by atoms with E-state index in [1.165, 1.54) is 16.2 Å². The zero-order valence-electron chi connectivity index (χ0n) is 16.3. The van der Waals surface area contributed by atoms with E-state index in [4.69, 9.17) is 4.74 Å². The second-order valence-corrected chi connectivity index (χ2v) is 9.63. The summed E-state index contributed by atoms with van der Waals surface area (Å²) in [6.07, 6.45) is 5.76. The Bertz CT molecular complexity index is 871. The number of likely N-dealkylation sites (tertiary alicyclic amines) is 1. The van der Waals surface area contributed by atoms with Crippen LogP contribution in [0, 0.1) is 11.8 Å². The van der Waals surface area contributed by atoms with Gasteiger partial charge in [0.25, 0.3) is 0 Å². The van der Waals surface area contributed by atoms with E-state index in [1.54, 1.807) is 11.8 Å². The maximum Gasteiger partial charge on any atom is 0.329 e. The van der Waals surface area contributed by atoms with Gasteiger partial charge in [0.2, 0.25) is 11.8 Å². The number of benzene rings is 1. The number of carbonyl (C=O) groups excluding carboxylic acids is 3. The van der Waals surface area contributed by atoms with Crippen LogP contribution in [0.2, 0.25) is 0 Å². The van der Waals surface area contributed by atoms with Crippen molar-refractivity contribution < 1.29 is 19.1 Å². The number of imide groups is 1. The van der Waals surface area contributed by atoms with Gasteiger partial charge in [-0.15, -0.1) is 11.3 Å². The average Bonchev–Trinajstić information content (AvgIpc) is 3.27. The van der Waals surface area contributed by atoms with E-state index in [-0.39, 0.29) is 30.3 Å². The van der Waals surface area contributed by atoms with Crippen molar-refractivity contribution in [1.82, 2.24) is 9.88 Å². The number of ether oxygens (including phenoxy) is 1. The van der Waals surface area contributed by atoms with Crippen molar-refractivity contribution in [3.05, 3.63) is 29.3 Å². The van der Waals surface area contributed by atoms with Crippen LogP contribution in [-0.4, -0.2) is 45.7 Å². The van der Waals surface area contributed by atoms with Crippen LogP contribution in [0.1, 0.15) is 37.1 Å². The number of aromatic nitrogens is 1. The first-order chi connectivity index (χ1) is 14.1. The van der Waals surface area contributed by atoms with Crippen molar-refractivity contribution >= 4 is 51.1 Å². The molecule has 3 atom stereocenters. The van der Waals surface area contributed by atoms with Gasteiger partial charge in [-0.05, 0) is 43.4 Å². The lowest BCUT2D eigenvalue weighted by atomic mass is 9.81. The molecule has 1 saturated carbocycles. The fraction of sp³-hybridized carbons (Fsp3) is 0.524. The zero-order chi connectivity index (χ0) is 20.4. The second-order valence-electron chi connectivity index (χ2n) is 7.52. The number of carbonyl (C=O) groups is 3. The predicted molar refractivity (Wildman–Crippen MR) is 114 cm³/mol. The number of hydrogen-bond donors (Lipinski definition) is 0. The zero-order valence-corrected chi connectivity index (χ0v) is 18.0. The first-order valence-electron chi connectivity index (χ1n) is 9.97. The van der Waals surface area contributed by atoms with Crippen molar-refractivity contribution in [3.8, 4) is 0 Å². The molecule has 0 unspecified atom stereocenters. The molecule has 29 heavy (non-hydrogen) atoms. The molecule has 1 aromatic heterocycles. The topological polar surface area (TPSA) is 76.6 Å². The van der Waals surface area contributed by atoms with Crippen molar-refractivity contribution in [1.29, 1.82) is 0 Å². The largest absolute Gasteiger partial charge is 0.457 e. The summed E-state index contributed by atoms with van der Waals surface area (Å²) >= 11 is 3.06. The molecule has 1 aromatic carbocycles. The minimum absolute atomic E-state index is 0.0526. The van der Waals surface area contributed by atoms with Gasteiger partial charge in [-0.25, -0.2) is 9.78 Å². The highest BCUT2D eigenvalue weighted by atomic mass is 32.2. The molecule has 0 spiro atoms. The van der Waals surface area contributed by atoms with E-state index in [0.29, 0.717) is 17.2 Å². The Morgan fingerprint density at radius 3 is 2.59 bits per heavy atom. The fourth-order valence-corrected chi connectivity index (χ4v) is 5.63. The quantitative estimate of drug-likeness (QED) is 0.491.